The number of nitrogens with two attached hydrogens (primary N) is 1. The maximum Gasteiger partial charge on any atom is 0.228 e. The third kappa shape index (κ3) is 3.78. The second kappa shape index (κ2) is 8.66. The van der Waals surface area contributed by atoms with E-state index in [9.17, 15) is 0 Å². The lowest BCUT2D eigenvalue weighted by molar-refractivity contribution is 0.0673. The van der Waals surface area contributed by atoms with Gasteiger partial charge >= 0.3 is 0 Å². The molecule has 2 aliphatic heterocycles. The van der Waals surface area contributed by atoms with Crippen LogP contribution in [0.25, 0.3) is 22.3 Å². The van der Waals surface area contributed by atoms with Gasteiger partial charge in [-0.2, -0.15) is 10.1 Å². The lowest BCUT2D eigenvalue weighted by Gasteiger charge is -2.27. The Morgan fingerprint density at radius 3 is 2.47 bits per heavy atom. The molecule has 2 saturated heterocycles. The van der Waals surface area contributed by atoms with Crippen LogP contribution in [-0.2, 0) is 9.47 Å². The predicted molar refractivity (Wildman–Crippen MR) is 115 cm³/mol. The molecular weight excluding hydrogens is 408 g/mol. The van der Waals surface area contributed by atoms with Crippen LogP contribution in [-0.4, -0.2) is 69.2 Å². The topological polar surface area (TPSA) is 117 Å². The molecule has 0 bridgehead atoms. The zero-order valence-corrected chi connectivity index (χ0v) is 17.6. The molecule has 10 nitrogen and oxygen atoms in total. The molecule has 0 radical (unpaired) electrons. The van der Waals surface area contributed by atoms with E-state index in [0.29, 0.717) is 19.2 Å². The minimum Gasteiger partial charge on any atom is -0.381 e. The molecule has 0 spiro atoms. The van der Waals surface area contributed by atoms with Crippen molar-refractivity contribution in [3.05, 3.63) is 18.1 Å². The second-order valence-corrected chi connectivity index (χ2v) is 7.37. The molecule has 3 aromatic rings. The fourth-order valence-electron chi connectivity index (χ4n) is 3.94. The molecule has 160 valence electrons. The van der Waals surface area contributed by atoms with Crippen molar-refractivity contribution in [3.8, 4) is 11.3 Å². The first-order valence-electron chi connectivity index (χ1n) is 9.96. The Morgan fingerprint density at radius 2 is 1.73 bits per heavy atom. The molecule has 30 heavy (non-hydrogen) atoms. The number of morpholine rings is 1. The van der Waals surface area contributed by atoms with Crippen LogP contribution < -0.4 is 10.6 Å². The molecule has 0 unspecified atom stereocenters. The van der Waals surface area contributed by atoms with Gasteiger partial charge in [-0.05, 0) is 19.8 Å². The first-order valence-corrected chi connectivity index (χ1v) is 9.96. The average molecular weight is 433 g/mol. The molecule has 2 aliphatic rings. The lowest BCUT2D eigenvalue weighted by Crippen LogP contribution is -2.37. The fourth-order valence-corrected chi connectivity index (χ4v) is 3.94. The summed E-state index contributed by atoms with van der Waals surface area (Å²) in [4.78, 5) is 20.5. The summed E-state index contributed by atoms with van der Waals surface area (Å²) in [5.41, 5.74) is 9.00. The second-order valence-electron chi connectivity index (χ2n) is 7.37. The molecular formula is C19H25ClN8O2. The maximum atomic E-state index is 5.76. The van der Waals surface area contributed by atoms with Crippen molar-refractivity contribution < 1.29 is 9.47 Å². The van der Waals surface area contributed by atoms with Gasteiger partial charge in [0.2, 0.25) is 11.9 Å². The number of anilines is 2. The average Bonchev–Trinajstić information content (AvgIpc) is 3.19. The number of ether oxygens (including phenoxy) is 2. The smallest absolute Gasteiger partial charge is 0.228 e. The minimum atomic E-state index is 0. The van der Waals surface area contributed by atoms with Crippen molar-refractivity contribution in [2.45, 2.75) is 25.8 Å². The molecule has 0 aromatic carbocycles. The first kappa shape index (κ1) is 20.7. The molecule has 2 fully saturated rings. The highest BCUT2D eigenvalue weighted by atomic mass is 35.5. The van der Waals surface area contributed by atoms with Gasteiger partial charge in [0.15, 0.2) is 5.65 Å². The Balaban J connectivity index is 0.00000218. The van der Waals surface area contributed by atoms with E-state index in [0.717, 1.165) is 67.1 Å². The Kier molecular flexibility index (Phi) is 5.98. The molecule has 0 atom stereocenters. The SMILES string of the molecule is Cc1nc(N)ncc1-c1nc(N2CCOCC2)nc2c1cnn2C1CCOCC1.Cl. The summed E-state index contributed by atoms with van der Waals surface area (Å²) in [6.07, 6.45) is 5.42. The number of rotatable bonds is 3. The van der Waals surface area contributed by atoms with E-state index in [2.05, 4.69) is 20.0 Å². The van der Waals surface area contributed by atoms with Gasteiger partial charge in [-0.1, -0.05) is 0 Å². The van der Waals surface area contributed by atoms with Crippen molar-refractivity contribution >= 4 is 35.3 Å². The highest BCUT2D eigenvalue weighted by Gasteiger charge is 2.24. The van der Waals surface area contributed by atoms with Crippen LogP contribution in [0.2, 0.25) is 0 Å². The largest absolute Gasteiger partial charge is 0.381 e. The van der Waals surface area contributed by atoms with E-state index in [1.54, 1.807) is 6.20 Å². The van der Waals surface area contributed by atoms with E-state index >= 15 is 0 Å². The van der Waals surface area contributed by atoms with Crippen molar-refractivity contribution in [2.24, 2.45) is 0 Å². The van der Waals surface area contributed by atoms with Crippen molar-refractivity contribution in [3.63, 3.8) is 0 Å². The van der Waals surface area contributed by atoms with Crippen LogP contribution in [0.15, 0.2) is 12.4 Å². The molecule has 5 heterocycles. The first-order chi connectivity index (χ1) is 14.2. The van der Waals surface area contributed by atoms with E-state index in [1.165, 1.54) is 0 Å². The minimum absolute atomic E-state index is 0. The fraction of sp³-hybridized carbons (Fsp3) is 0.526. The van der Waals surface area contributed by atoms with Gasteiger partial charge < -0.3 is 20.1 Å². The van der Waals surface area contributed by atoms with Crippen LogP contribution in [0, 0.1) is 6.92 Å². The summed E-state index contributed by atoms with van der Waals surface area (Å²) in [5, 5.41) is 5.58. The summed E-state index contributed by atoms with van der Waals surface area (Å²) < 4.78 is 13.0. The van der Waals surface area contributed by atoms with E-state index in [-0.39, 0.29) is 24.4 Å². The highest BCUT2D eigenvalue weighted by molar-refractivity contribution is 5.91. The number of halogens is 1. The monoisotopic (exact) mass is 432 g/mol. The van der Waals surface area contributed by atoms with Crippen molar-refractivity contribution in [1.29, 1.82) is 0 Å². The highest BCUT2D eigenvalue weighted by Crippen LogP contribution is 2.32. The maximum absolute atomic E-state index is 5.76. The summed E-state index contributed by atoms with van der Waals surface area (Å²) in [6.45, 7) is 6.25. The summed E-state index contributed by atoms with van der Waals surface area (Å²) in [7, 11) is 0. The quantitative estimate of drug-likeness (QED) is 0.660. The summed E-state index contributed by atoms with van der Waals surface area (Å²) >= 11 is 0. The van der Waals surface area contributed by atoms with Gasteiger partial charge in [-0.25, -0.2) is 19.6 Å². The van der Waals surface area contributed by atoms with Crippen LogP contribution >= 0.6 is 12.4 Å². The number of hydrogen-bond acceptors (Lipinski definition) is 9. The van der Waals surface area contributed by atoms with E-state index < -0.39 is 0 Å². The Morgan fingerprint density at radius 1 is 1.00 bits per heavy atom. The Bertz CT molecular complexity index is 1030. The van der Waals surface area contributed by atoms with Gasteiger partial charge in [-0.15, -0.1) is 12.4 Å². The van der Waals surface area contributed by atoms with E-state index in [1.807, 2.05) is 17.8 Å². The number of aryl methyl sites for hydroxylation is 1. The third-order valence-corrected chi connectivity index (χ3v) is 5.53. The van der Waals surface area contributed by atoms with Gasteiger partial charge in [-0.3, -0.25) is 0 Å². The third-order valence-electron chi connectivity index (χ3n) is 5.53. The van der Waals surface area contributed by atoms with Gasteiger partial charge in [0.05, 0.1) is 42.2 Å². The molecule has 2 N–H and O–H groups in total. The van der Waals surface area contributed by atoms with E-state index in [4.69, 9.17) is 25.2 Å². The van der Waals surface area contributed by atoms with Crippen molar-refractivity contribution in [2.75, 3.05) is 50.2 Å². The predicted octanol–water partition coefficient (Wildman–Crippen LogP) is 1.78. The molecule has 5 rings (SSSR count). The Labute approximate surface area is 180 Å². The van der Waals surface area contributed by atoms with Crippen molar-refractivity contribution in [1.82, 2.24) is 29.7 Å². The summed E-state index contributed by atoms with van der Waals surface area (Å²) in [6, 6.07) is 0.269. The standard InChI is InChI=1S/C19H24N8O2.ClH/c1-12-14(10-21-18(20)23-12)16-15-11-22-27(13-2-6-28-7-3-13)17(15)25-19(24-16)26-4-8-29-9-5-26;/h10-11,13H,2-9H2,1H3,(H2,20,21,23);1H. The van der Waals surface area contributed by atoms with Crippen LogP contribution in [0.1, 0.15) is 24.6 Å². The molecule has 3 aromatic heterocycles. The molecule has 0 aliphatic carbocycles. The number of nitrogen functional groups attached to an aromatic ring is 1. The molecule has 0 saturated carbocycles. The number of aromatic nitrogens is 6. The van der Waals surface area contributed by atoms with Gasteiger partial charge in [0, 0.05) is 38.1 Å². The Hall–Kier alpha value is -2.56. The lowest BCUT2D eigenvalue weighted by atomic mass is 10.1. The summed E-state index contributed by atoms with van der Waals surface area (Å²) in [5.74, 6) is 0.934. The zero-order chi connectivity index (χ0) is 19.8. The number of fused-ring (bicyclic) bond motifs is 1. The van der Waals surface area contributed by atoms with Crippen LogP contribution in [0.4, 0.5) is 11.9 Å². The van der Waals surface area contributed by atoms with Crippen LogP contribution in [0.5, 0.6) is 0 Å². The molecule has 11 heteroatoms. The number of nitrogens with zero attached hydrogens (tertiary/aromatic N) is 7. The van der Waals surface area contributed by atoms with Gasteiger partial charge in [0.1, 0.15) is 0 Å². The number of hydrogen-bond donors (Lipinski definition) is 1. The van der Waals surface area contributed by atoms with Gasteiger partial charge in [0.25, 0.3) is 0 Å². The zero-order valence-electron chi connectivity index (χ0n) is 16.8. The molecule has 0 amide bonds. The normalized spacial score (nSPS) is 17.8. The van der Waals surface area contributed by atoms with Crippen LogP contribution in [0.3, 0.4) is 0 Å².